The predicted octanol–water partition coefficient (Wildman–Crippen LogP) is 3.43. The Balaban J connectivity index is 3.06. The van der Waals surface area contributed by atoms with Crippen LogP contribution in [0, 0.1) is 17.5 Å². The number of halogens is 4. The van der Waals surface area contributed by atoms with Gasteiger partial charge in [-0.1, -0.05) is 22.9 Å². The Morgan fingerprint density at radius 1 is 1.23 bits per heavy atom. The van der Waals surface area contributed by atoms with E-state index in [9.17, 15) is 13.2 Å². The third kappa shape index (κ3) is 2.72. The van der Waals surface area contributed by atoms with Crippen molar-refractivity contribution in [1.29, 1.82) is 0 Å². The van der Waals surface area contributed by atoms with Gasteiger partial charge in [0, 0.05) is 22.5 Å². The molecule has 4 heteroatoms. The van der Waals surface area contributed by atoms with Crippen molar-refractivity contribution in [2.45, 2.75) is 18.2 Å². The molecule has 13 heavy (non-hydrogen) atoms. The van der Waals surface area contributed by atoms with Gasteiger partial charge in [-0.25, -0.2) is 13.2 Å². The maximum absolute atomic E-state index is 13.0. The first-order chi connectivity index (χ1) is 6.00. The maximum Gasteiger partial charge on any atom is 0.132 e. The molecule has 1 atom stereocenters. The summed E-state index contributed by atoms with van der Waals surface area (Å²) in [6.07, 6.45) is 0.206. The monoisotopic (exact) mass is 252 g/mol. The summed E-state index contributed by atoms with van der Waals surface area (Å²) in [5.74, 6) is -2.55. The minimum absolute atomic E-state index is 0.0399. The first-order valence-corrected chi connectivity index (χ1v) is 4.69. The number of hydrogen-bond acceptors (Lipinski definition) is 0. The summed E-state index contributed by atoms with van der Waals surface area (Å²) >= 11 is 3.17. The Morgan fingerprint density at radius 3 is 2.08 bits per heavy atom. The Kier molecular flexibility index (Phi) is 3.36. The van der Waals surface area contributed by atoms with Crippen LogP contribution < -0.4 is 0 Å². The number of rotatable bonds is 2. The molecule has 0 fully saturated rings. The Hall–Kier alpha value is -0.510. The van der Waals surface area contributed by atoms with Crippen LogP contribution >= 0.6 is 15.9 Å². The van der Waals surface area contributed by atoms with Crippen LogP contribution in [-0.4, -0.2) is 4.83 Å². The largest absolute Gasteiger partial charge is 0.207 e. The van der Waals surface area contributed by atoms with Crippen LogP contribution in [0.3, 0.4) is 0 Å². The minimum atomic E-state index is -0.888. The third-order valence-electron chi connectivity index (χ3n) is 1.59. The van der Waals surface area contributed by atoms with E-state index in [1.807, 2.05) is 0 Å². The zero-order valence-electron chi connectivity index (χ0n) is 6.95. The van der Waals surface area contributed by atoms with Crippen molar-refractivity contribution in [3.8, 4) is 0 Å². The Morgan fingerprint density at radius 2 is 1.69 bits per heavy atom. The summed E-state index contributed by atoms with van der Waals surface area (Å²) in [5.41, 5.74) is -0.0780. The molecule has 0 bridgehead atoms. The quantitative estimate of drug-likeness (QED) is 0.708. The van der Waals surface area contributed by atoms with Crippen molar-refractivity contribution in [2.75, 3.05) is 0 Å². The Labute approximate surface area is 82.9 Å². The highest BCUT2D eigenvalue weighted by atomic mass is 79.9. The van der Waals surface area contributed by atoms with Gasteiger partial charge < -0.3 is 0 Å². The zero-order valence-corrected chi connectivity index (χ0v) is 8.54. The van der Waals surface area contributed by atoms with E-state index < -0.39 is 17.5 Å². The van der Waals surface area contributed by atoms with Crippen LogP contribution in [0.2, 0.25) is 0 Å². The molecule has 1 unspecified atom stereocenters. The molecule has 72 valence electrons. The van der Waals surface area contributed by atoms with Crippen molar-refractivity contribution >= 4 is 15.9 Å². The summed E-state index contributed by atoms with van der Waals surface area (Å²) in [4.78, 5) is -0.0399. The molecular formula is C9H8BrF3. The maximum atomic E-state index is 13.0. The molecule has 0 heterocycles. The van der Waals surface area contributed by atoms with Gasteiger partial charge in [-0.2, -0.15) is 0 Å². The van der Waals surface area contributed by atoms with Crippen molar-refractivity contribution < 1.29 is 13.2 Å². The lowest BCUT2D eigenvalue weighted by molar-refractivity contribution is 0.523. The van der Waals surface area contributed by atoms with Crippen LogP contribution in [0.4, 0.5) is 13.2 Å². The fourth-order valence-electron chi connectivity index (χ4n) is 1.05. The summed E-state index contributed by atoms with van der Waals surface area (Å²) < 4.78 is 38.4. The normalized spacial score (nSPS) is 13.0. The van der Waals surface area contributed by atoms with E-state index in [2.05, 4.69) is 15.9 Å². The second-order valence-corrected chi connectivity index (χ2v) is 4.40. The zero-order chi connectivity index (χ0) is 10.0. The molecule has 0 radical (unpaired) electrons. The van der Waals surface area contributed by atoms with Crippen LogP contribution in [0.15, 0.2) is 12.1 Å². The first-order valence-electron chi connectivity index (χ1n) is 3.78. The van der Waals surface area contributed by atoms with Gasteiger partial charge in [0.05, 0.1) is 0 Å². The summed E-state index contributed by atoms with van der Waals surface area (Å²) in [6, 6.07) is 1.38. The van der Waals surface area contributed by atoms with Gasteiger partial charge in [-0.3, -0.25) is 0 Å². The van der Waals surface area contributed by atoms with Crippen molar-refractivity contribution in [1.82, 2.24) is 0 Å². The fourth-order valence-corrected chi connectivity index (χ4v) is 1.37. The van der Waals surface area contributed by atoms with Gasteiger partial charge >= 0.3 is 0 Å². The van der Waals surface area contributed by atoms with Crippen LogP contribution in [0.1, 0.15) is 12.5 Å². The summed E-state index contributed by atoms with van der Waals surface area (Å²) in [6.45, 7) is 1.77. The second-order valence-electron chi connectivity index (χ2n) is 2.83. The summed E-state index contributed by atoms with van der Waals surface area (Å²) in [5, 5.41) is 0. The number of benzene rings is 1. The summed E-state index contributed by atoms with van der Waals surface area (Å²) in [7, 11) is 0. The molecular weight excluding hydrogens is 245 g/mol. The average molecular weight is 253 g/mol. The highest BCUT2D eigenvalue weighted by molar-refractivity contribution is 9.09. The van der Waals surface area contributed by atoms with Gasteiger partial charge in [0.25, 0.3) is 0 Å². The molecule has 1 aromatic rings. The van der Waals surface area contributed by atoms with Gasteiger partial charge in [0.2, 0.25) is 0 Å². The molecule has 1 aromatic carbocycles. The van der Waals surface area contributed by atoms with E-state index in [-0.39, 0.29) is 16.8 Å². The van der Waals surface area contributed by atoms with Gasteiger partial charge in [0.1, 0.15) is 17.5 Å². The second kappa shape index (κ2) is 4.13. The standard InChI is InChI=1S/C9H8BrF3/c1-5(10)2-7-8(12)3-6(11)4-9(7)13/h3-5H,2H2,1H3. The van der Waals surface area contributed by atoms with E-state index in [0.717, 1.165) is 0 Å². The Bertz CT molecular complexity index is 287. The van der Waals surface area contributed by atoms with E-state index in [1.165, 1.54) is 0 Å². The van der Waals surface area contributed by atoms with Crippen molar-refractivity contribution in [3.63, 3.8) is 0 Å². The van der Waals surface area contributed by atoms with Gasteiger partial charge in [0.15, 0.2) is 0 Å². The third-order valence-corrected chi connectivity index (χ3v) is 1.91. The van der Waals surface area contributed by atoms with Crippen molar-refractivity contribution in [3.05, 3.63) is 35.1 Å². The van der Waals surface area contributed by atoms with E-state index in [1.54, 1.807) is 6.92 Å². The molecule has 0 aliphatic carbocycles. The molecule has 0 aliphatic rings. The predicted molar refractivity (Wildman–Crippen MR) is 48.4 cm³/mol. The lowest BCUT2D eigenvalue weighted by Gasteiger charge is -2.06. The topological polar surface area (TPSA) is 0 Å². The lowest BCUT2D eigenvalue weighted by Crippen LogP contribution is -2.03. The average Bonchev–Trinajstić information content (AvgIpc) is 1.96. The smallest absolute Gasteiger partial charge is 0.132 e. The number of alkyl halides is 1. The molecule has 0 saturated carbocycles. The molecule has 0 aromatic heterocycles. The first kappa shape index (κ1) is 10.6. The molecule has 1 rings (SSSR count). The van der Waals surface area contributed by atoms with E-state index >= 15 is 0 Å². The molecule has 0 aliphatic heterocycles. The highest BCUT2D eigenvalue weighted by Gasteiger charge is 2.12. The lowest BCUT2D eigenvalue weighted by atomic mass is 10.1. The minimum Gasteiger partial charge on any atom is -0.207 e. The highest BCUT2D eigenvalue weighted by Crippen LogP contribution is 2.18. The molecule has 0 saturated heterocycles. The van der Waals surface area contributed by atoms with Crippen molar-refractivity contribution in [2.24, 2.45) is 0 Å². The molecule has 0 amide bonds. The molecule has 0 spiro atoms. The van der Waals surface area contributed by atoms with Crippen LogP contribution in [-0.2, 0) is 6.42 Å². The van der Waals surface area contributed by atoms with Gasteiger partial charge in [-0.05, 0) is 6.42 Å². The fraction of sp³-hybridized carbons (Fsp3) is 0.333. The van der Waals surface area contributed by atoms with Crippen LogP contribution in [0.25, 0.3) is 0 Å². The van der Waals surface area contributed by atoms with E-state index in [4.69, 9.17) is 0 Å². The molecule has 0 N–H and O–H groups in total. The number of hydrogen-bond donors (Lipinski definition) is 0. The van der Waals surface area contributed by atoms with Gasteiger partial charge in [-0.15, -0.1) is 0 Å². The van der Waals surface area contributed by atoms with Crippen LogP contribution in [0.5, 0.6) is 0 Å². The SMILES string of the molecule is CC(Br)Cc1c(F)cc(F)cc1F. The molecule has 0 nitrogen and oxygen atoms in total. The van der Waals surface area contributed by atoms with E-state index in [0.29, 0.717) is 12.1 Å².